The topological polar surface area (TPSA) is 102 Å². The Hall–Kier alpha value is -3.41. The summed E-state index contributed by atoms with van der Waals surface area (Å²) in [6.07, 6.45) is -0.691. The number of hydrogen-bond acceptors (Lipinski definition) is 5. The summed E-state index contributed by atoms with van der Waals surface area (Å²) in [5.74, 6) is -2.36. The van der Waals surface area contributed by atoms with Crippen LogP contribution in [0.1, 0.15) is 16.7 Å². The largest absolute Gasteiger partial charge is 0.481 e. The van der Waals surface area contributed by atoms with Gasteiger partial charge >= 0.3 is 12.1 Å². The third kappa shape index (κ3) is 6.80. The Bertz CT molecular complexity index is 1110. The molecule has 34 heavy (non-hydrogen) atoms. The van der Waals surface area contributed by atoms with Gasteiger partial charge in [-0.2, -0.15) is 0 Å². The second kappa shape index (κ2) is 12.2. The summed E-state index contributed by atoms with van der Waals surface area (Å²) in [4.78, 5) is 24.9. The molecule has 0 aliphatic carbocycles. The van der Waals surface area contributed by atoms with Crippen molar-refractivity contribution in [3.05, 3.63) is 108 Å². The van der Waals surface area contributed by atoms with Gasteiger partial charge in [0, 0.05) is 13.5 Å². The van der Waals surface area contributed by atoms with Crippen LogP contribution in [-0.4, -0.2) is 35.7 Å². The first-order valence-corrected chi connectivity index (χ1v) is 12.6. The fourth-order valence-electron chi connectivity index (χ4n) is 3.68. The molecule has 0 aliphatic rings. The van der Waals surface area contributed by atoms with E-state index in [1.54, 1.807) is 24.3 Å². The fourth-order valence-corrected chi connectivity index (χ4v) is 6.15. The molecule has 1 amide bonds. The van der Waals surface area contributed by atoms with Crippen LogP contribution in [0.15, 0.2) is 91.0 Å². The highest BCUT2D eigenvalue weighted by Gasteiger charge is 2.46. The van der Waals surface area contributed by atoms with E-state index in [0.717, 1.165) is 11.1 Å². The summed E-state index contributed by atoms with van der Waals surface area (Å²) in [5.41, 5.74) is 0.914. The van der Waals surface area contributed by atoms with Crippen molar-refractivity contribution in [2.45, 2.75) is 30.9 Å². The number of hydrogen-bond donors (Lipinski definition) is 2. The number of amides is 1. The number of benzene rings is 3. The maximum absolute atomic E-state index is 14.2. The highest BCUT2D eigenvalue weighted by Crippen LogP contribution is 2.56. The average Bonchev–Trinajstić information content (AvgIpc) is 2.87. The number of ether oxygens (including phenoxy) is 1. The van der Waals surface area contributed by atoms with Gasteiger partial charge in [0.05, 0.1) is 0 Å². The zero-order chi connectivity index (χ0) is 24.4. The van der Waals surface area contributed by atoms with E-state index in [4.69, 9.17) is 9.26 Å². The Morgan fingerprint density at radius 3 is 1.76 bits per heavy atom. The van der Waals surface area contributed by atoms with Crippen LogP contribution in [0, 0.1) is 0 Å². The fraction of sp³-hybridized carbons (Fsp3) is 0.231. The minimum absolute atomic E-state index is 0.00662. The Balaban J connectivity index is 1.87. The van der Waals surface area contributed by atoms with Crippen molar-refractivity contribution in [3.8, 4) is 0 Å². The van der Waals surface area contributed by atoms with Crippen molar-refractivity contribution in [1.82, 2.24) is 5.32 Å². The van der Waals surface area contributed by atoms with E-state index >= 15 is 0 Å². The van der Waals surface area contributed by atoms with Crippen molar-refractivity contribution in [2.75, 3.05) is 7.11 Å². The van der Waals surface area contributed by atoms with E-state index in [0.29, 0.717) is 5.56 Å². The molecule has 3 aromatic rings. The van der Waals surface area contributed by atoms with Gasteiger partial charge in [-0.3, -0.25) is 9.36 Å². The molecule has 0 radical (unpaired) electrons. The number of carboxylic acids is 1. The van der Waals surface area contributed by atoms with Gasteiger partial charge in [-0.25, -0.2) is 4.79 Å². The summed E-state index contributed by atoms with van der Waals surface area (Å²) in [5, 5.41) is 12.6. The molecule has 178 valence electrons. The lowest BCUT2D eigenvalue weighted by Crippen LogP contribution is -2.41. The zero-order valence-corrected chi connectivity index (χ0v) is 19.8. The molecule has 3 atom stereocenters. The number of rotatable bonds is 11. The quantitative estimate of drug-likeness (QED) is 0.370. The standard InChI is InChI=1S/C26H28NO6P/c1-32-34(31,23(25(28)29)17-20-11-5-2-6-12-20)24(18-21-13-7-3-8-14-21)27-26(30)33-19-22-15-9-4-10-16-22/h2-16,23-24H,17-19H2,1H3,(H,27,30)(H,28,29). The molecule has 0 saturated carbocycles. The minimum Gasteiger partial charge on any atom is -0.481 e. The second-order valence-electron chi connectivity index (χ2n) is 7.78. The van der Waals surface area contributed by atoms with Crippen molar-refractivity contribution in [3.63, 3.8) is 0 Å². The monoisotopic (exact) mass is 481 g/mol. The first-order chi connectivity index (χ1) is 16.4. The Morgan fingerprint density at radius 1 is 0.824 bits per heavy atom. The summed E-state index contributed by atoms with van der Waals surface area (Å²) < 4.78 is 24.9. The van der Waals surface area contributed by atoms with Crippen LogP contribution in [0.5, 0.6) is 0 Å². The van der Waals surface area contributed by atoms with Gasteiger partial charge in [0.15, 0.2) is 0 Å². The van der Waals surface area contributed by atoms with E-state index in [1.165, 1.54) is 7.11 Å². The van der Waals surface area contributed by atoms with E-state index in [1.807, 2.05) is 66.7 Å². The molecule has 0 fully saturated rings. The molecule has 2 N–H and O–H groups in total. The van der Waals surface area contributed by atoms with Crippen molar-refractivity contribution >= 4 is 19.4 Å². The number of carbonyl (C=O) groups excluding carboxylic acids is 1. The van der Waals surface area contributed by atoms with Crippen LogP contribution in [0.25, 0.3) is 0 Å². The molecule has 3 unspecified atom stereocenters. The van der Waals surface area contributed by atoms with E-state index in [9.17, 15) is 19.3 Å². The number of carbonyl (C=O) groups is 2. The molecule has 0 aliphatic heterocycles. The number of aliphatic carboxylic acids is 1. The second-order valence-corrected chi connectivity index (χ2v) is 10.7. The third-order valence-electron chi connectivity index (χ3n) is 5.48. The van der Waals surface area contributed by atoms with Crippen molar-refractivity contribution < 1.29 is 28.5 Å². The van der Waals surface area contributed by atoms with Crippen LogP contribution in [0.3, 0.4) is 0 Å². The van der Waals surface area contributed by atoms with Crippen LogP contribution in [-0.2, 0) is 38.1 Å². The lowest BCUT2D eigenvalue weighted by molar-refractivity contribution is -0.136. The molecule has 0 aromatic heterocycles. The highest BCUT2D eigenvalue weighted by molar-refractivity contribution is 7.61. The van der Waals surface area contributed by atoms with Crippen LogP contribution in [0.2, 0.25) is 0 Å². The van der Waals surface area contributed by atoms with Gasteiger partial charge in [-0.1, -0.05) is 91.0 Å². The third-order valence-corrected chi connectivity index (χ3v) is 8.50. The molecular formula is C26H28NO6P. The van der Waals surface area contributed by atoms with Crippen LogP contribution < -0.4 is 5.32 Å². The van der Waals surface area contributed by atoms with Gasteiger partial charge in [-0.15, -0.1) is 0 Å². The molecule has 0 heterocycles. The maximum atomic E-state index is 14.2. The lowest BCUT2D eigenvalue weighted by Gasteiger charge is -2.31. The molecule has 3 rings (SSSR count). The Kier molecular flexibility index (Phi) is 9.02. The Labute approximate surface area is 199 Å². The van der Waals surface area contributed by atoms with Crippen molar-refractivity contribution in [1.29, 1.82) is 0 Å². The van der Waals surface area contributed by atoms with Gasteiger partial charge < -0.3 is 19.7 Å². The Morgan fingerprint density at radius 2 is 1.29 bits per heavy atom. The summed E-state index contributed by atoms with van der Waals surface area (Å²) in [7, 11) is -2.75. The van der Waals surface area contributed by atoms with E-state index < -0.39 is 30.9 Å². The smallest absolute Gasteiger partial charge is 0.408 e. The summed E-state index contributed by atoms with van der Waals surface area (Å²) in [6, 6.07) is 27.2. The molecule has 7 nitrogen and oxygen atoms in total. The zero-order valence-electron chi connectivity index (χ0n) is 18.9. The average molecular weight is 481 g/mol. The molecular weight excluding hydrogens is 453 g/mol. The van der Waals surface area contributed by atoms with Gasteiger partial charge in [0.25, 0.3) is 0 Å². The lowest BCUT2D eigenvalue weighted by atomic mass is 10.1. The SMILES string of the molecule is COP(=O)(C(Cc1ccccc1)NC(=O)OCc1ccccc1)C(Cc1ccccc1)C(=O)O. The summed E-state index contributed by atoms with van der Waals surface area (Å²) >= 11 is 0. The normalized spacial score (nSPS) is 14.4. The molecule has 0 spiro atoms. The highest BCUT2D eigenvalue weighted by atomic mass is 31.2. The van der Waals surface area contributed by atoms with Crippen molar-refractivity contribution in [2.24, 2.45) is 0 Å². The van der Waals surface area contributed by atoms with E-state index in [2.05, 4.69) is 5.32 Å². The minimum atomic E-state index is -3.97. The first-order valence-electron chi connectivity index (χ1n) is 10.9. The predicted octanol–water partition coefficient (Wildman–Crippen LogP) is 5.10. The first kappa shape index (κ1) is 25.2. The molecule has 0 bridgehead atoms. The molecule has 0 saturated heterocycles. The summed E-state index contributed by atoms with van der Waals surface area (Å²) in [6.45, 7) is 0.0222. The molecule has 3 aromatic carbocycles. The maximum Gasteiger partial charge on any atom is 0.408 e. The molecule has 8 heteroatoms. The van der Waals surface area contributed by atoms with Gasteiger partial charge in [0.1, 0.15) is 18.0 Å². The number of nitrogens with one attached hydrogen (secondary N) is 1. The van der Waals surface area contributed by atoms with Gasteiger partial charge in [-0.05, 0) is 23.1 Å². The predicted molar refractivity (Wildman–Crippen MR) is 130 cm³/mol. The number of alkyl carbamates (subject to hydrolysis) is 1. The van der Waals surface area contributed by atoms with Crippen LogP contribution in [0.4, 0.5) is 4.79 Å². The number of carboxylic acid groups (broad SMARTS) is 1. The van der Waals surface area contributed by atoms with Crippen LogP contribution >= 0.6 is 7.37 Å². The van der Waals surface area contributed by atoms with E-state index in [-0.39, 0.29) is 19.4 Å². The van der Waals surface area contributed by atoms with Gasteiger partial charge in [0.2, 0.25) is 7.37 Å².